The molecule has 0 radical (unpaired) electrons. The van der Waals surface area contributed by atoms with E-state index in [0.29, 0.717) is 23.8 Å². The SMILES string of the molecule is CCCCC[N+](C)(CCC)C1(CC2CC3C(C)C3CCCC(CCCCC(F)F)=C2C(C)C)CCC1. The number of fused-ring (bicyclic) bond motifs is 1. The van der Waals surface area contributed by atoms with Crippen molar-refractivity contribution in [3.63, 3.8) is 0 Å². The van der Waals surface area contributed by atoms with Gasteiger partial charge in [0.15, 0.2) is 0 Å². The van der Waals surface area contributed by atoms with Crippen LogP contribution in [0.5, 0.6) is 0 Å². The van der Waals surface area contributed by atoms with Crippen molar-refractivity contribution in [1.82, 2.24) is 0 Å². The summed E-state index contributed by atoms with van der Waals surface area (Å²) in [6.45, 7) is 14.8. The highest BCUT2D eigenvalue weighted by atomic mass is 19.3. The van der Waals surface area contributed by atoms with E-state index < -0.39 is 6.43 Å². The number of quaternary nitrogens is 1. The molecule has 1 nitrogen and oxygen atoms in total. The molecule has 0 N–H and O–H groups in total. The Morgan fingerprint density at radius 1 is 0.944 bits per heavy atom. The van der Waals surface area contributed by atoms with Crippen molar-refractivity contribution in [3.8, 4) is 0 Å². The molecule has 3 heteroatoms. The summed E-state index contributed by atoms with van der Waals surface area (Å²) in [5, 5.41) is 0. The number of alkyl halides is 2. The van der Waals surface area contributed by atoms with Crippen LogP contribution in [0.25, 0.3) is 0 Å². The number of allylic oxidation sites excluding steroid dienone is 2. The van der Waals surface area contributed by atoms with E-state index in [4.69, 9.17) is 0 Å². The van der Waals surface area contributed by atoms with E-state index in [-0.39, 0.29) is 6.42 Å². The molecule has 5 atom stereocenters. The molecular formula is C33H60F2N+. The van der Waals surface area contributed by atoms with Gasteiger partial charge in [-0.2, -0.15) is 0 Å². The van der Waals surface area contributed by atoms with E-state index in [1.54, 1.807) is 11.1 Å². The molecule has 0 heterocycles. The third-order valence-electron chi connectivity index (χ3n) is 11.0. The van der Waals surface area contributed by atoms with E-state index in [0.717, 1.165) is 30.6 Å². The maximum atomic E-state index is 12.8. The Kier molecular flexibility index (Phi) is 11.3. The Morgan fingerprint density at radius 3 is 2.28 bits per heavy atom. The molecule has 0 aliphatic heterocycles. The average molecular weight is 509 g/mol. The lowest BCUT2D eigenvalue weighted by Gasteiger charge is -2.58. The predicted molar refractivity (Wildman–Crippen MR) is 151 cm³/mol. The fraction of sp³-hybridized carbons (Fsp3) is 0.939. The Hall–Kier alpha value is -0.440. The molecule has 3 aliphatic carbocycles. The van der Waals surface area contributed by atoms with Crippen molar-refractivity contribution in [2.45, 2.75) is 149 Å². The van der Waals surface area contributed by atoms with Crippen molar-refractivity contribution >= 4 is 0 Å². The summed E-state index contributed by atoms with van der Waals surface area (Å²) in [6, 6.07) is 0. The zero-order valence-corrected chi connectivity index (χ0v) is 24.9. The minimum atomic E-state index is -2.15. The van der Waals surface area contributed by atoms with Crippen LogP contribution in [0.1, 0.15) is 137 Å². The van der Waals surface area contributed by atoms with Gasteiger partial charge in [0.05, 0.1) is 25.7 Å². The average Bonchev–Trinajstić information content (AvgIpc) is 3.37. The van der Waals surface area contributed by atoms with Crippen molar-refractivity contribution in [3.05, 3.63) is 11.1 Å². The zero-order valence-electron chi connectivity index (χ0n) is 24.9. The van der Waals surface area contributed by atoms with Crippen molar-refractivity contribution in [1.29, 1.82) is 0 Å². The third-order valence-corrected chi connectivity index (χ3v) is 11.0. The molecular weight excluding hydrogens is 448 g/mol. The molecule has 0 aromatic heterocycles. The second kappa shape index (κ2) is 13.6. The Labute approximate surface area is 223 Å². The maximum absolute atomic E-state index is 12.8. The molecule has 0 spiro atoms. The number of nitrogens with zero attached hydrogens (tertiary/aromatic N) is 1. The Balaban J connectivity index is 1.90. The van der Waals surface area contributed by atoms with Crippen LogP contribution in [0.2, 0.25) is 0 Å². The molecule has 0 aromatic rings. The van der Waals surface area contributed by atoms with Crippen molar-refractivity contribution < 1.29 is 13.3 Å². The molecule has 0 saturated heterocycles. The van der Waals surface area contributed by atoms with E-state index in [1.807, 2.05) is 0 Å². The van der Waals surface area contributed by atoms with Crippen LogP contribution in [0, 0.1) is 29.6 Å². The quantitative estimate of drug-likeness (QED) is 0.117. The second-order valence-corrected chi connectivity index (χ2v) is 13.7. The summed E-state index contributed by atoms with van der Waals surface area (Å²) < 4.78 is 26.9. The number of rotatable bonds is 15. The molecule has 0 aromatic carbocycles. The van der Waals surface area contributed by atoms with Crippen LogP contribution in [-0.2, 0) is 0 Å². The summed E-state index contributed by atoms with van der Waals surface area (Å²) in [7, 11) is 2.61. The first-order valence-electron chi connectivity index (χ1n) is 16.0. The first kappa shape index (κ1) is 30.1. The van der Waals surface area contributed by atoms with Gasteiger partial charge in [-0.1, -0.05) is 52.2 Å². The van der Waals surface area contributed by atoms with Gasteiger partial charge in [0.25, 0.3) is 0 Å². The maximum Gasteiger partial charge on any atom is 0.238 e. The lowest BCUT2D eigenvalue weighted by Crippen LogP contribution is -2.66. The number of unbranched alkanes of at least 4 members (excludes halogenated alkanes) is 3. The molecule has 5 unspecified atom stereocenters. The number of halogens is 2. The highest BCUT2D eigenvalue weighted by Gasteiger charge is 2.55. The molecule has 3 rings (SSSR count). The van der Waals surface area contributed by atoms with Crippen LogP contribution in [-0.4, -0.2) is 36.6 Å². The summed E-state index contributed by atoms with van der Waals surface area (Å²) in [6.07, 6.45) is 16.8. The molecule has 210 valence electrons. The van der Waals surface area contributed by atoms with Gasteiger partial charge in [0, 0.05) is 25.7 Å². The predicted octanol–water partition coefficient (Wildman–Crippen LogP) is 10.2. The summed E-state index contributed by atoms with van der Waals surface area (Å²) >= 11 is 0. The van der Waals surface area contributed by atoms with E-state index in [9.17, 15) is 8.78 Å². The topological polar surface area (TPSA) is 0 Å². The van der Waals surface area contributed by atoms with Crippen LogP contribution < -0.4 is 0 Å². The van der Waals surface area contributed by atoms with Gasteiger partial charge in [0.1, 0.15) is 0 Å². The second-order valence-electron chi connectivity index (χ2n) is 13.7. The van der Waals surface area contributed by atoms with Gasteiger partial charge in [-0.25, -0.2) is 8.78 Å². The first-order chi connectivity index (χ1) is 17.2. The standard InChI is InChI=1S/C33H60F2N/c1-7-9-12-22-36(6,21-8-2)33(19-14-20-33)24-28-23-30-26(5)29(30)17-13-16-27(32(28)25(3)4)15-10-11-18-31(34)35/h25-26,28-31H,7-24H2,1-6H3/q+1. The minimum absolute atomic E-state index is 0.0725. The largest absolute Gasteiger partial charge is 0.321 e. The van der Waals surface area contributed by atoms with Crippen LogP contribution in [0.4, 0.5) is 8.78 Å². The summed E-state index contributed by atoms with van der Waals surface area (Å²) in [5.74, 6) is 4.05. The number of hydrogen-bond donors (Lipinski definition) is 0. The van der Waals surface area contributed by atoms with Gasteiger partial charge < -0.3 is 4.48 Å². The van der Waals surface area contributed by atoms with E-state index >= 15 is 0 Å². The fourth-order valence-electron chi connectivity index (χ4n) is 8.72. The highest BCUT2D eigenvalue weighted by molar-refractivity contribution is 5.22. The lowest BCUT2D eigenvalue weighted by molar-refractivity contribution is -0.967. The summed E-state index contributed by atoms with van der Waals surface area (Å²) in [5.41, 5.74) is 3.91. The van der Waals surface area contributed by atoms with Gasteiger partial charge in [-0.05, 0) is 100 Å². The Bertz CT molecular complexity index is 694. The summed E-state index contributed by atoms with van der Waals surface area (Å²) in [4.78, 5) is 0. The number of hydrogen-bond acceptors (Lipinski definition) is 0. The van der Waals surface area contributed by atoms with Gasteiger partial charge >= 0.3 is 0 Å². The molecule has 3 aliphatic rings. The normalized spacial score (nSPS) is 29.8. The van der Waals surface area contributed by atoms with Crippen LogP contribution in [0.3, 0.4) is 0 Å². The zero-order chi connectivity index (χ0) is 26.3. The highest BCUT2D eigenvalue weighted by Crippen LogP contribution is 2.57. The van der Waals surface area contributed by atoms with Crippen molar-refractivity contribution in [2.24, 2.45) is 29.6 Å². The molecule has 2 saturated carbocycles. The Morgan fingerprint density at radius 2 is 1.69 bits per heavy atom. The molecule has 36 heavy (non-hydrogen) atoms. The first-order valence-corrected chi connectivity index (χ1v) is 16.0. The van der Waals surface area contributed by atoms with Gasteiger partial charge in [-0.3, -0.25) is 0 Å². The van der Waals surface area contributed by atoms with Gasteiger partial charge in [-0.15, -0.1) is 0 Å². The van der Waals surface area contributed by atoms with Crippen molar-refractivity contribution in [2.75, 3.05) is 20.1 Å². The molecule has 0 bridgehead atoms. The van der Waals surface area contributed by atoms with E-state index in [1.165, 1.54) is 94.6 Å². The molecule has 0 amide bonds. The van der Waals surface area contributed by atoms with Gasteiger partial charge in [0.2, 0.25) is 6.43 Å². The minimum Gasteiger partial charge on any atom is -0.321 e. The van der Waals surface area contributed by atoms with E-state index in [2.05, 4.69) is 41.7 Å². The smallest absolute Gasteiger partial charge is 0.238 e. The molecule has 2 fully saturated rings. The fourth-order valence-corrected chi connectivity index (χ4v) is 8.72. The third kappa shape index (κ3) is 7.15. The van der Waals surface area contributed by atoms with Crippen LogP contribution in [0.15, 0.2) is 11.1 Å². The van der Waals surface area contributed by atoms with Crippen LogP contribution >= 0.6 is 0 Å². The monoisotopic (exact) mass is 508 g/mol. The lowest BCUT2D eigenvalue weighted by atomic mass is 9.64.